The van der Waals surface area contributed by atoms with Gasteiger partial charge in [0.2, 0.25) is 5.91 Å². The van der Waals surface area contributed by atoms with Gasteiger partial charge in [-0.2, -0.15) is 0 Å². The third-order valence-electron chi connectivity index (χ3n) is 9.95. The Hall–Kier alpha value is -0.180. The van der Waals surface area contributed by atoms with Gasteiger partial charge in [-0.05, 0) is 105 Å². The molecule has 0 aromatic carbocycles. The van der Waals surface area contributed by atoms with Crippen molar-refractivity contribution >= 4 is 17.9 Å². The maximum atomic E-state index is 11.8. The Morgan fingerprint density at radius 3 is 2.59 bits per heavy atom. The van der Waals surface area contributed by atoms with Gasteiger partial charge >= 0.3 is 0 Å². The Morgan fingerprint density at radius 2 is 1.78 bits per heavy atom. The molecule has 0 bridgehead atoms. The molecule has 7 unspecified atom stereocenters. The number of amides is 1. The number of carbonyl (C=O) groups excluding carboxylic acids is 1. The summed E-state index contributed by atoms with van der Waals surface area (Å²) in [7, 11) is 0. The van der Waals surface area contributed by atoms with Gasteiger partial charge in [0, 0.05) is 12.7 Å². The van der Waals surface area contributed by atoms with Crippen molar-refractivity contribution < 1.29 is 4.79 Å². The molecule has 0 saturated heterocycles. The standard InChI is InChI=1S/C24H41NOS/c1-23-15-5-4-7-17(23)10-12-19-20-13-11-18(8-6-9-22(26)25-27-3)24(20,2)16-14-21(19)23/h17-21H,4-16H2,1-3H3,(H,25,26). The highest BCUT2D eigenvalue weighted by Gasteiger charge is 2.59. The third kappa shape index (κ3) is 3.49. The summed E-state index contributed by atoms with van der Waals surface area (Å²) in [4.78, 5) is 11.8. The molecule has 0 aromatic heterocycles. The SMILES string of the molecule is CSNC(=O)CCCC1CCC2C3CCC4CCCCC4(C)C3CCC12C. The van der Waals surface area contributed by atoms with E-state index >= 15 is 0 Å². The zero-order valence-electron chi connectivity index (χ0n) is 17.9. The van der Waals surface area contributed by atoms with Crippen LogP contribution in [0.15, 0.2) is 0 Å². The lowest BCUT2D eigenvalue weighted by molar-refractivity contribution is -0.119. The van der Waals surface area contributed by atoms with E-state index in [4.69, 9.17) is 0 Å². The molecule has 154 valence electrons. The van der Waals surface area contributed by atoms with Crippen LogP contribution in [0.5, 0.6) is 0 Å². The fraction of sp³-hybridized carbons (Fsp3) is 0.958. The normalized spacial score (nSPS) is 46.3. The summed E-state index contributed by atoms with van der Waals surface area (Å²) in [5.41, 5.74) is 1.23. The molecule has 1 N–H and O–H groups in total. The van der Waals surface area contributed by atoms with Crippen molar-refractivity contribution in [2.75, 3.05) is 6.26 Å². The number of rotatable bonds is 5. The molecule has 27 heavy (non-hydrogen) atoms. The molecule has 1 amide bonds. The van der Waals surface area contributed by atoms with E-state index in [0.29, 0.717) is 17.3 Å². The zero-order valence-corrected chi connectivity index (χ0v) is 18.7. The minimum atomic E-state index is 0.217. The Balaban J connectivity index is 1.41. The molecule has 2 nitrogen and oxygen atoms in total. The lowest BCUT2D eigenvalue weighted by Crippen LogP contribution is -2.52. The number of hydrogen-bond acceptors (Lipinski definition) is 2. The summed E-state index contributed by atoms with van der Waals surface area (Å²) >= 11 is 1.43. The largest absolute Gasteiger partial charge is 0.300 e. The summed E-state index contributed by atoms with van der Waals surface area (Å²) in [6, 6.07) is 0. The predicted octanol–water partition coefficient (Wildman–Crippen LogP) is 6.60. The van der Waals surface area contributed by atoms with Gasteiger partial charge in [0.15, 0.2) is 0 Å². The first-order chi connectivity index (χ1) is 13.0. The third-order valence-corrected chi connectivity index (χ3v) is 10.4. The topological polar surface area (TPSA) is 29.1 Å². The highest BCUT2D eigenvalue weighted by atomic mass is 32.2. The van der Waals surface area contributed by atoms with E-state index in [-0.39, 0.29) is 5.91 Å². The fourth-order valence-corrected chi connectivity index (χ4v) is 8.88. The molecule has 7 atom stereocenters. The Bertz CT molecular complexity index is 550. The van der Waals surface area contributed by atoms with Crippen LogP contribution in [-0.4, -0.2) is 12.2 Å². The first-order valence-electron chi connectivity index (χ1n) is 11.8. The van der Waals surface area contributed by atoms with Gasteiger partial charge in [-0.3, -0.25) is 4.79 Å². The monoisotopic (exact) mass is 391 g/mol. The Kier molecular flexibility index (Phi) is 5.90. The summed E-state index contributed by atoms with van der Waals surface area (Å²) in [6.07, 6.45) is 19.9. The van der Waals surface area contributed by atoms with Crippen LogP contribution in [0.25, 0.3) is 0 Å². The van der Waals surface area contributed by atoms with Crippen LogP contribution in [0.2, 0.25) is 0 Å². The van der Waals surface area contributed by atoms with Gasteiger partial charge in [0.25, 0.3) is 0 Å². The molecule has 0 aromatic rings. The van der Waals surface area contributed by atoms with E-state index in [9.17, 15) is 4.79 Å². The van der Waals surface area contributed by atoms with Crippen LogP contribution in [0.4, 0.5) is 0 Å². The van der Waals surface area contributed by atoms with E-state index in [0.717, 1.165) is 36.0 Å². The van der Waals surface area contributed by atoms with Crippen molar-refractivity contribution in [1.29, 1.82) is 0 Å². The van der Waals surface area contributed by atoms with Crippen LogP contribution in [-0.2, 0) is 4.79 Å². The second kappa shape index (κ2) is 7.92. The van der Waals surface area contributed by atoms with E-state index in [1.807, 2.05) is 6.26 Å². The van der Waals surface area contributed by atoms with E-state index in [1.54, 1.807) is 0 Å². The molecule has 4 saturated carbocycles. The highest BCUT2D eigenvalue weighted by molar-refractivity contribution is 7.97. The predicted molar refractivity (Wildman–Crippen MR) is 115 cm³/mol. The summed E-state index contributed by atoms with van der Waals surface area (Å²) in [5.74, 6) is 5.11. The van der Waals surface area contributed by atoms with Crippen LogP contribution < -0.4 is 4.72 Å². The van der Waals surface area contributed by atoms with E-state index < -0.39 is 0 Å². The van der Waals surface area contributed by atoms with Gasteiger partial charge < -0.3 is 4.72 Å². The molecule has 0 heterocycles. The van der Waals surface area contributed by atoms with Crippen molar-refractivity contribution in [3.63, 3.8) is 0 Å². The van der Waals surface area contributed by atoms with Gasteiger partial charge in [-0.25, -0.2) is 0 Å². The molecule has 0 radical (unpaired) electrons. The molecule has 4 aliphatic rings. The highest BCUT2D eigenvalue weighted by Crippen LogP contribution is 2.67. The number of fused-ring (bicyclic) bond motifs is 5. The second-order valence-electron chi connectivity index (χ2n) is 10.8. The van der Waals surface area contributed by atoms with Crippen molar-refractivity contribution in [1.82, 2.24) is 4.72 Å². The molecular formula is C24H41NOS. The zero-order chi connectivity index (χ0) is 19.1. The summed E-state index contributed by atoms with van der Waals surface area (Å²) in [5, 5.41) is 0. The Labute approximate surface area is 171 Å². The van der Waals surface area contributed by atoms with Crippen LogP contribution in [0.1, 0.15) is 97.3 Å². The summed E-state index contributed by atoms with van der Waals surface area (Å²) in [6.45, 7) is 5.33. The lowest BCUT2D eigenvalue weighted by atomic mass is 9.45. The van der Waals surface area contributed by atoms with Gasteiger partial charge in [-0.15, -0.1) is 0 Å². The number of nitrogens with one attached hydrogen (secondary N) is 1. The van der Waals surface area contributed by atoms with Gasteiger partial charge in [-0.1, -0.05) is 38.6 Å². The van der Waals surface area contributed by atoms with Crippen molar-refractivity contribution in [3.05, 3.63) is 0 Å². The van der Waals surface area contributed by atoms with Crippen molar-refractivity contribution in [2.24, 2.45) is 40.4 Å². The van der Waals surface area contributed by atoms with Crippen molar-refractivity contribution in [3.8, 4) is 0 Å². The van der Waals surface area contributed by atoms with Crippen LogP contribution >= 0.6 is 11.9 Å². The smallest absolute Gasteiger partial charge is 0.229 e. The molecule has 0 aliphatic heterocycles. The maximum Gasteiger partial charge on any atom is 0.229 e. The molecule has 4 aliphatic carbocycles. The average Bonchev–Trinajstić information content (AvgIpc) is 2.98. The quantitative estimate of drug-likeness (QED) is 0.535. The van der Waals surface area contributed by atoms with Crippen molar-refractivity contribution in [2.45, 2.75) is 97.3 Å². The number of carbonyl (C=O) groups is 1. The van der Waals surface area contributed by atoms with Crippen LogP contribution in [0.3, 0.4) is 0 Å². The van der Waals surface area contributed by atoms with Crippen LogP contribution in [0, 0.1) is 40.4 Å². The molecule has 0 spiro atoms. The Morgan fingerprint density at radius 1 is 0.963 bits per heavy atom. The van der Waals surface area contributed by atoms with E-state index in [1.165, 1.54) is 82.6 Å². The summed E-state index contributed by atoms with van der Waals surface area (Å²) < 4.78 is 2.88. The minimum absolute atomic E-state index is 0.217. The first-order valence-corrected chi connectivity index (χ1v) is 13.0. The molecular weight excluding hydrogens is 350 g/mol. The molecule has 4 fully saturated rings. The average molecular weight is 392 g/mol. The van der Waals surface area contributed by atoms with Gasteiger partial charge in [0.05, 0.1) is 0 Å². The second-order valence-corrected chi connectivity index (χ2v) is 11.5. The van der Waals surface area contributed by atoms with E-state index in [2.05, 4.69) is 18.6 Å². The minimum Gasteiger partial charge on any atom is -0.300 e. The molecule has 4 rings (SSSR count). The lowest BCUT2D eigenvalue weighted by Gasteiger charge is -2.60. The fourth-order valence-electron chi connectivity index (χ4n) is 8.55. The molecule has 3 heteroatoms. The maximum absolute atomic E-state index is 11.8. The van der Waals surface area contributed by atoms with Gasteiger partial charge in [0.1, 0.15) is 0 Å². The number of hydrogen-bond donors (Lipinski definition) is 1. The first kappa shape index (κ1) is 20.1.